The number of carbonyl (C=O) groups excluding carboxylic acids is 1. The molecule has 0 radical (unpaired) electrons. The Morgan fingerprint density at radius 1 is 0.821 bits per heavy atom. The van der Waals surface area contributed by atoms with Crippen molar-refractivity contribution in [2.24, 2.45) is 0 Å². The molecule has 0 unspecified atom stereocenters. The van der Waals surface area contributed by atoms with E-state index < -0.39 is 0 Å². The number of hydrogen-bond acceptors (Lipinski definition) is 2. The molecule has 4 rings (SSSR count). The van der Waals surface area contributed by atoms with E-state index in [0.29, 0.717) is 11.3 Å². The highest BCUT2D eigenvalue weighted by Gasteiger charge is 2.22. The number of aryl methyl sites for hydroxylation is 3. The predicted octanol–water partition coefficient (Wildman–Crippen LogP) is 6.12. The van der Waals surface area contributed by atoms with Crippen molar-refractivity contribution >= 4 is 17.4 Å². The van der Waals surface area contributed by atoms with E-state index in [-0.39, 0.29) is 0 Å². The highest BCUT2D eigenvalue weighted by molar-refractivity contribution is 6.01. The molecule has 0 amide bonds. The zero-order chi connectivity index (χ0) is 19.7. The van der Waals surface area contributed by atoms with Gasteiger partial charge in [-0.25, -0.2) is 0 Å². The fraction of sp³-hybridized carbons (Fsp3) is 0.192. The van der Waals surface area contributed by atoms with Crippen molar-refractivity contribution in [3.63, 3.8) is 0 Å². The van der Waals surface area contributed by atoms with Crippen LogP contribution in [0.15, 0.2) is 60.7 Å². The van der Waals surface area contributed by atoms with Crippen LogP contribution in [0, 0.1) is 13.8 Å². The Morgan fingerprint density at radius 2 is 1.54 bits per heavy atom. The largest absolute Gasteiger partial charge is 0.507 e. The molecule has 2 heteroatoms. The van der Waals surface area contributed by atoms with Gasteiger partial charge in [0.25, 0.3) is 0 Å². The average Bonchev–Trinajstić information content (AvgIpc) is 2.87. The van der Waals surface area contributed by atoms with Crippen LogP contribution in [0.25, 0.3) is 11.1 Å². The van der Waals surface area contributed by atoms with Gasteiger partial charge >= 0.3 is 0 Å². The first kappa shape index (κ1) is 18.2. The van der Waals surface area contributed by atoms with Crippen LogP contribution in [-0.4, -0.2) is 11.4 Å². The van der Waals surface area contributed by atoms with Crippen LogP contribution in [0.1, 0.15) is 56.6 Å². The smallest absolute Gasteiger partial charge is 0.150 e. The molecular weight excluding hydrogens is 344 g/mol. The second-order valence-electron chi connectivity index (χ2n) is 7.63. The van der Waals surface area contributed by atoms with Crippen molar-refractivity contribution in [3.8, 4) is 5.75 Å². The van der Waals surface area contributed by atoms with Gasteiger partial charge in [0.15, 0.2) is 0 Å². The predicted molar refractivity (Wildman–Crippen MR) is 115 cm³/mol. The first-order valence-corrected chi connectivity index (χ1v) is 9.75. The van der Waals surface area contributed by atoms with E-state index in [1.54, 1.807) is 0 Å². The standard InChI is InChI=1S/C26H24O2/c1-17-6-10-20(11-7-17)26-22-13-9-19(16-27)15-21(22)4-3-5-24(26)23-12-8-18(2)14-25(23)28/h6-16,28H,3-5H2,1-2H3. The Bertz CT molecular complexity index is 1070. The third kappa shape index (κ3) is 3.38. The van der Waals surface area contributed by atoms with E-state index in [1.165, 1.54) is 16.7 Å². The third-order valence-electron chi connectivity index (χ3n) is 5.53. The molecule has 140 valence electrons. The van der Waals surface area contributed by atoms with Crippen molar-refractivity contribution in [2.75, 3.05) is 0 Å². The Balaban J connectivity index is 2.02. The summed E-state index contributed by atoms with van der Waals surface area (Å²) in [5.41, 5.74) is 9.68. The van der Waals surface area contributed by atoms with Crippen LogP contribution in [-0.2, 0) is 6.42 Å². The van der Waals surface area contributed by atoms with Gasteiger partial charge in [0.2, 0.25) is 0 Å². The molecule has 0 saturated carbocycles. The molecule has 3 aromatic carbocycles. The monoisotopic (exact) mass is 368 g/mol. The van der Waals surface area contributed by atoms with Crippen molar-refractivity contribution in [2.45, 2.75) is 33.1 Å². The summed E-state index contributed by atoms with van der Waals surface area (Å²) in [6.45, 7) is 4.07. The van der Waals surface area contributed by atoms with E-state index in [1.807, 2.05) is 31.2 Å². The Labute approximate surface area is 166 Å². The molecule has 0 bridgehead atoms. The number of phenolic OH excluding ortho intramolecular Hbond substituents is 1. The number of phenols is 1. The number of carbonyl (C=O) groups is 1. The third-order valence-corrected chi connectivity index (χ3v) is 5.53. The van der Waals surface area contributed by atoms with Crippen LogP contribution in [0.3, 0.4) is 0 Å². The van der Waals surface area contributed by atoms with Crippen molar-refractivity contribution in [1.29, 1.82) is 0 Å². The maximum absolute atomic E-state index is 11.3. The van der Waals surface area contributed by atoms with Gasteiger partial charge in [-0.2, -0.15) is 0 Å². The summed E-state index contributed by atoms with van der Waals surface area (Å²) >= 11 is 0. The molecule has 0 atom stereocenters. The summed E-state index contributed by atoms with van der Waals surface area (Å²) < 4.78 is 0. The second kappa shape index (κ2) is 7.47. The molecular formula is C26H24O2. The highest BCUT2D eigenvalue weighted by Crippen LogP contribution is 2.42. The average molecular weight is 368 g/mol. The summed E-state index contributed by atoms with van der Waals surface area (Å²) in [6.07, 6.45) is 3.69. The fourth-order valence-corrected chi connectivity index (χ4v) is 4.10. The van der Waals surface area contributed by atoms with Crippen LogP contribution in [0.2, 0.25) is 0 Å². The molecule has 1 aliphatic rings. The topological polar surface area (TPSA) is 37.3 Å². The summed E-state index contributed by atoms with van der Waals surface area (Å²) in [7, 11) is 0. The van der Waals surface area contributed by atoms with E-state index in [9.17, 15) is 9.90 Å². The number of rotatable bonds is 3. The minimum atomic E-state index is 0.326. The van der Waals surface area contributed by atoms with Gasteiger partial charge in [0.05, 0.1) is 0 Å². The van der Waals surface area contributed by atoms with Crippen molar-refractivity contribution in [3.05, 3.63) is 99.6 Å². The van der Waals surface area contributed by atoms with Gasteiger partial charge in [-0.15, -0.1) is 0 Å². The van der Waals surface area contributed by atoms with Gasteiger partial charge in [0, 0.05) is 11.1 Å². The molecule has 0 heterocycles. The van der Waals surface area contributed by atoms with E-state index in [0.717, 1.165) is 53.4 Å². The molecule has 2 nitrogen and oxygen atoms in total. The first-order chi connectivity index (χ1) is 13.6. The summed E-state index contributed by atoms with van der Waals surface area (Å²) in [6, 6.07) is 20.4. The lowest BCUT2D eigenvalue weighted by Gasteiger charge is -2.18. The number of allylic oxidation sites excluding steroid dienone is 1. The Morgan fingerprint density at radius 3 is 2.25 bits per heavy atom. The van der Waals surface area contributed by atoms with Crippen molar-refractivity contribution in [1.82, 2.24) is 0 Å². The lowest BCUT2D eigenvalue weighted by molar-refractivity contribution is 0.112. The summed E-state index contributed by atoms with van der Waals surface area (Å²) in [4.78, 5) is 11.3. The lowest BCUT2D eigenvalue weighted by atomic mass is 9.86. The number of benzene rings is 3. The van der Waals surface area contributed by atoms with E-state index >= 15 is 0 Å². The Kier molecular flexibility index (Phi) is 4.87. The van der Waals surface area contributed by atoms with Gasteiger partial charge in [0.1, 0.15) is 12.0 Å². The quantitative estimate of drug-likeness (QED) is 0.566. The molecule has 0 spiro atoms. The molecule has 0 saturated heterocycles. The zero-order valence-electron chi connectivity index (χ0n) is 16.3. The van der Waals surface area contributed by atoms with Crippen LogP contribution in [0.5, 0.6) is 5.75 Å². The molecule has 0 aliphatic heterocycles. The normalized spacial score (nSPS) is 13.8. The van der Waals surface area contributed by atoms with E-state index in [4.69, 9.17) is 0 Å². The zero-order valence-corrected chi connectivity index (χ0v) is 16.3. The minimum absolute atomic E-state index is 0.326. The molecule has 0 aromatic heterocycles. The van der Waals surface area contributed by atoms with Crippen molar-refractivity contribution < 1.29 is 9.90 Å². The van der Waals surface area contributed by atoms with Gasteiger partial charge < -0.3 is 5.11 Å². The second-order valence-corrected chi connectivity index (χ2v) is 7.63. The molecule has 1 N–H and O–H groups in total. The van der Waals surface area contributed by atoms with E-state index in [2.05, 4.69) is 43.3 Å². The van der Waals surface area contributed by atoms with Crippen LogP contribution < -0.4 is 0 Å². The maximum Gasteiger partial charge on any atom is 0.150 e. The SMILES string of the molecule is Cc1ccc(C2=C(c3ccc(C)cc3O)CCCc3cc(C=O)ccc32)cc1. The number of aldehydes is 1. The molecule has 1 aliphatic carbocycles. The molecule has 28 heavy (non-hydrogen) atoms. The number of aromatic hydroxyl groups is 1. The highest BCUT2D eigenvalue weighted by atomic mass is 16.3. The fourth-order valence-electron chi connectivity index (χ4n) is 4.10. The summed E-state index contributed by atoms with van der Waals surface area (Å²) in [5, 5.41) is 10.7. The first-order valence-electron chi connectivity index (χ1n) is 9.75. The lowest BCUT2D eigenvalue weighted by Crippen LogP contribution is -1.98. The minimum Gasteiger partial charge on any atom is -0.507 e. The van der Waals surface area contributed by atoms with Gasteiger partial charge in [-0.1, -0.05) is 54.1 Å². The number of fused-ring (bicyclic) bond motifs is 1. The Hall–Kier alpha value is -3.13. The number of hydrogen-bond donors (Lipinski definition) is 1. The maximum atomic E-state index is 11.3. The molecule has 0 fully saturated rings. The van der Waals surface area contributed by atoms with Gasteiger partial charge in [-0.3, -0.25) is 4.79 Å². The molecule has 3 aromatic rings. The van der Waals surface area contributed by atoms with Gasteiger partial charge in [-0.05, 0) is 78.6 Å². The summed E-state index contributed by atoms with van der Waals surface area (Å²) in [5.74, 6) is 0.326. The van der Waals surface area contributed by atoms with Crippen LogP contribution >= 0.6 is 0 Å². The van der Waals surface area contributed by atoms with Crippen LogP contribution in [0.4, 0.5) is 0 Å².